The zero-order valence-electron chi connectivity index (χ0n) is 14.9. The van der Waals surface area contributed by atoms with Gasteiger partial charge in [-0.05, 0) is 37.6 Å². The number of phenolic OH excluding ortho intramolecular Hbond substituents is 1. The summed E-state index contributed by atoms with van der Waals surface area (Å²) in [6.07, 6.45) is 1.52. The van der Waals surface area contributed by atoms with Crippen LogP contribution in [0.25, 0.3) is 10.9 Å². The SMILES string of the molecule is CCn1cc(C(=O)Nc2cc(C)ccc2O)c(=O)c2cc3c(cc21)OCO3. The number of carbonyl (C=O) groups is 1. The summed E-state index contributed by atoms with van der Waals surface area (Å²) in [7, 11) is 0. The van der Waals surface area contributed by atoms with Gasteiger partial charge in [0, 0.05) is 18.8 Å². The molecule has 0 spiro atoms. The van der Waals surface area contributed by atoms with Gasteiger partial charge >= 0.3 is 0 Å². The van der Waals surface area contributed by atoms with E-state index >= 15 is 0 Å². The average Bonchev–Trinajstić information content (AvgIpc) is 3.11. The van der Waals surface area contributed by atoms with Crippen LogP contribution in [0.3, 0.4) is 0 Å². The average molecular weight is 366 g/mol. The Kier molecular flexibility index (Phi) is 3.99. The summed E-state index contributed by atoms with van der Waals surface area (Å²) in [6, 6.07) is 8.22. The van der Waals surface area contributed by atoms with Crippen LogP contribution < -0.4 is 20.2 Å². The van der Waals surface area contributed by atoms with Gasteiger partial charge in [0.25, 0.3) is 5.91 Å². The molecule has 1 aromatic heterocycles. The second kappa shape index (κ2) is 6.35. The molecule has 0 bridgehead atoms. The first-order valence-corrected chi connectivity index (χ1v) is 8.55. The number of pyridine rings is 1. The molecule has 138 valence electrons. The van der Waals surface area contributed by atoms with Gasteiger partial charge < -0.3 is 24.5 Å². The van der Waals surface area contributed by atoms with Crippen LogP contribution >= 0.6 is 0 Å². The number of hydrogen-bond donors (Lipinski definition) is 2. The zero-order chi connectivity index (χ0) is 19.1. The molecular formula is C20H18N2O5. The number of aromatic hydroxyl groups is 1. The van der Waals surface area contributed by atoms with E-state index in [1.165, 1.54) is 12.3 Å². The van der Waals surface area contributed by atoms with Crippen LogP contribution in [0.4, 0.5) is 5.69 Å². The summed E-state index contributed by atoms with van der Waals surface area (Å²) in [5, 5.41) is 12.9. The number of fused-ring (bicyclic) bond motifs is 2. The van der Waals surface area contributed by atoms with Crippen molar-refractivity contribution in [2.75, 3.05) is 12.1 Å². The molecule has 0 aliphatic carbocycles. The Bertz CT molecular complexity index is 1130. The Morgan fingerprint density at radius 2 is 1.96 bits per heavy atom. The lowest BCUT2D eigenvalue weighted by atomic mass is 10.1. The summed E-state index contributed by atoms with van der Waals surface area (Å²) in [5.74, 6) is 0.415. The molecule has 2 heterocycles. The summed E-state index contributed by atoms with van der Waals surface area (Å²) in [5.41, 5.74) is 1.39. The van der Waals surface area contributed by atoms with Crippen molar-refractivity contribution in [1.29, 1.82) is 0 Å². The molecule has 0 fully saturated rings. The molecule has 0 saturated carbocycles. The van der Waals surface area contributed by atoms with E-state index in [0.717, 1.165) is 5.56 Å². The number of nitrogens with zero attached hydrogens (tertiary/aromatic N) is 1. The third kappa shape index (κ3) is 2.87. The lowest BCUT2D eigenvalue weighted by Crippen LogP contribution is -2.24. The molecule has 0 saturated heterocycles. The normalized spacial score (nSPS) is 12.4. The lowest BCUT2D eigenvalue weighted by molar-refractivity contribution is 0.102. The van der Waals surface area contributed by atoms with Gasteiger partial charge in [0.15, 0.2) is 11.5 Å². The van der Waals surface area contributed by atoms with Crippen LogP contribution in [-0.4, -0.2) is 22.4 Å². The van der Waals surface area contributed by atoms with Crippen molar-refractivity contribution in [3.05, 3.63) is 57.9 Å². The minimum atomic E-state index is -0.581. The zero-order valence-corrected chi connectivity index (χ0v) is 14.9. The molecule has 1 aliphatic rings. The molecule has 2 N–H and O–H groups in total. The quantitative estimate of drug-likeness (QED) is 0.696. The molecule has 0 atom stereocenters. The molecule has 27 heavy (non-hydrogen) atoms. The van der Waals surface area contributed by atoms with Gasteiger partial charge in [0.2, 0.25) is 12.2 Å². The Morgan fingerprint density at radius 3 is 2.70 bits per heavy atom. The molecule has 0 radical (unpaired) electrons. The first-order chi connectivity index (χ1) is 13.0. The van der Waals surface area contributed by atoms with Crippen molar-refractivity contribution in [2.24, 2.45) is 0 Å². The fourth-order valence-corrected chi connectivity index (χ4v) is 3.14. The predicted octanol–water partition coefficient (Wildman–Crippen LogP) is 3.02. The molecular weight excluding hydrogens is 348 g/mol. The molecule has 7 heteroatoms. The van der Waals surface area contributed by atoms with Crippen LogP contribution in [0.1, 0.15) is 22.8 Å². The first-order valence-electron chi connectivity index (χ1n) is 8.55. The summed E-state index contributed by atoms with van der Waals surface area (Å²) < 4.78 is 12.5. The van der Waals surface area contributed by atoms with Crippen molar-refractivity contribution >= 4 is 22.5 Å². The van der Waals surface area contributed by atoms with Crippen molar-refractivity contribution in [3.63, 3.8) is 0 Å². The molecule has 1 aliphatic heterocycles. The number of ether oxygens (including phenoxy) is 2. The molecule has 4 rings (SSSR count). The van der Waals surface area contributed by atoms with Gasteiger partial charge in [-0.2, -0.15) is 0 Å². The van der Waals surface area contributed by atoms with Crippen molar-refractivity contribution in [3.8, 4) is 17.2 Å². The van der Waals surface area contributed by atoms with Gasteiger partial charge in [-0.3, -0.25) is 9.59 Å². The Balaban J connectivity index is 1.83. The van der Waals surface area contributed by atoms with E-state index < -0.39 is 11.3 Å². The van der Waals surface area contributed by atoms with E-state index in [4.69, 9.17) is 9.47 Å². The van der Waals surface area contributed by atoms with Crippen molar-refractivity contribution < 1.29 is 19.4 Å². The minimum Gasteiger partial charge on any atom is -0.506 e. The Hall–Kier alpha value is -3.48. The minimum absolute atomic E-state index is 0.0101. The summed E-state index contributed by atoms with van der Waals surface area (Å²) in [6.45, 7) is 4.43. The third-order valence-corrected chi connectivity index (χ3v) is 4.56. The number of aromatic nitrogens is 1. The van der Waals surface area contributed by atoms with Crippen LogP contribution in [-0.2, 0) is 6.54 Å². The maximum absolute atomic E-state index is 12.9. The molecule has 0 unspecified atom stereocenters. The standard InChI is InChI=1S/C20H18N2O5/c1-3-22-9-13(20(25)21-14-6-11(2)4-5-16(14)23)19(24)12-7-17-18(8-15(12)22)27-10-26-17/h4-9,23H,3,10H2,1-2H3,(H,21,25). The number of amides is 1. The highest BCUT2D eigenvalue weighted by Crippen LogP contribution is 2.35. The lowest BCUT2D eigenvalue weighted by Gasteiger charge is -2.13. The third-order valence-electron chi connectivity index (χ3n) is 4.56. The van der Waals surface area contributed by atoms with E-state index in [-0.39, 0.29) is 23.8 Å². The number of nitrogens with one attached hydrogen (secondary N) is 1. The van der Waals surface area contributed by atoms with Gasteiger partial charge in [0.1, 0.15) is 11.3 Å². The smallest absolute Gasteiger partial charge is 0.261 e. The van der Waals surface area contributed by atoms with E-state index in [0.29, 0.717) is 28.9 Å². The fourth-order valence-electron chi connectivity index (χ4n) is 3.14. The molecule has 3 aromatic rings. The first kappa shape index (κ1) is 17.0. The van der Waals surface area contributed by atoms with Crippen LogP contribution in [0.5, 0.6) is 17.2 Å². The largest absolute Gasteiger partial charge is 0.506 e. The van der Waals surface area contributed by atoms with E-state index in [1.807, 2.05) is 18.4 Å². The second-order valence-electron chi connectivity index (χ2n) is 6.36. The fraction of sp³-hybridized carbons (Fsp3) is 0.200. The van der Waals surface area contributed by atoms with E-state index in [2.05, 4.69) is 5.32 Å². The van der Waals surface area contributed by atoms with Crippen molar-refractivity contribution in [2.45, 2.75) is 20.4 Å². The maximum Gasteiger partial charge on any atom is 0.261 e. The van der Waals surface area contributed by atoms with Gasteiger partial charge in [0.05, 0.1) is 16.6 Å². The van der Waals surface area contributed by atoms with Gasteiger partial charge in [-0.25, -0.2) is 0 Å². The Morgan fingerprint density at radius 1 is 1.22 bits per heavy atom. The highest BCUT2D eigenvalue weighted by molar-refractivity contribution is 6.06. The number of rotatable bonds is 3. The second-order valence-corrected chi connectivity index (χ2v) is 6.36. The predicted molar refractivity (Wildman–Crippen MR) is 101 cm³/mol. The number of anilines is 1. The molecule has 7 nitrogen and oxygen atoms in total. The molecule has 2 aromatic carbocycles. The summed E-state index contributed by atoms with van der Waals surface area (Å²) in [4.78, 5) is 25.7. The number of aryl methyl sites for hydroxylation is 2. The Labute approximate surface area is 154 Å². The maximum atomic E-state index is 12.9. The van der Waals surface area contributed by atoms with Crippen LogP contribution in [0.2, 0.25) is 0 Å². The molecule has 1 amide bonds. The highest BCUT2D eigenvalue weighted by Gasteiger charge is 2.21. The number of benzene rings is 2. The monoisotopic (exact) mass is 366 g/mol. The van der Waals surface area contributed by atoms with E-state index in [9.17, 15) is 14.7 Å². The van der Waals surface area contributed by atoms with Crippen molar-refractivity contribution in [1.82, 2.24) is 4.57 Å². The number of hydrogen-bond acceptors (Lipinski definition) is 5. The topological polar surface area (TPSA) is 89.8 Å². The highest BCUT2D eigenvalue weighted by atomic mass is 16.7. The van der Waals surface area contributed by atoms with Gasteiger partial charge in [-0.1, -0.05) is 6.07 Å². The van der Waals surface area contributed by atoms with Crippen LogP contribution in [0.15, 0.2) is 41.3 Å². The number of phenols is 1. The number of carbonyl (C=O) groups excluding carboxylic acids is 1. The van der Waals surface area contributed by atoms with Gasteiger partial charge in [-0.15, -0.1) is 0 Å². The van der Waals surface area contributed by atoms with E-state index in [1.54, 1.807) is 24.3 Å². The summed E-state index contributed by atoms with van der Waals surface area (Å²) >= 11 is 0. The van der Waals surface area contributed by atoms with Crippen LogP contribution in [0, 0.1) is 6.92 Å².